The van der Waals surface area contributed by atoms with Gasteiger partial charge < -0.3 is 5.11 Å². The first-order chi connectivity index (χ1) is 9.47. The molecule has 3 aliphatic rings. The number of hydrogen-bond acceptors (Lipinski definition) is 3. The van der Waals surface area contributed by atoms with E-state index in [-0.39, 0.29) is 12.6 Å². The molecule has 3 fully saturated rings. The van der Waals surface area contributed by atoms with Gasteiger partial charge in [0, 0.05) is 19.1 Å². The highest BCUT2D eigenvalue weighted by atomic mass is 32.2. The summed E-state index contributed by atoms with van der Waals surface area (Å²) >= 11 is 0. The van der Waals surface area contributed by atoms with Crippen molar-refractivity contribution in [2.24, 2.45) is 17.8 Å². The van der Waals surface area contributed by atoms with Crippen LogP contribution in [0, 0.1) is 17.8 Å². The van der Waals surface area contributed by atoms with E-state index in [0.29, 0.717) is 31.2 Å². The van der Waals surface area contributed by atoms with E-state index in [2.05, 4.69) is 4.72 Å². The van der Waals surface area contributed by atoms with E-state index in [1.165, 1.54) is 4.31 Å². The van der Waals surface area contributed by atoms with Crippen LogP contribution < -0.4 is 4.72 Å². The molecule has 1 aliphatic heterocycles. The van der Waals surface area contributed by atoms with Gasteiger partial charge in [-0.3, -0.25) is 4.79 Å². The lowest BCUT2D eigenvalue weighted by Gasteiger charge is -2.31. The topological polar surface area (TPSA) is 86.7 Å². The number of carboxylic acid groups (broad SMARTS) is 1. The number of hydrogen-bond donors (Lipinski definition) is 2. The molecule has 0 aromatic rings. The van der Waals surface area contributed by atoms with Crippen molar-refractivity contribution >= 4 is 16.2 Å². The molecule has 0 radical (unpaired) electrons. The van der Waals surface area contributed by atoms with Crippen LogP contribution in [0.4, 0.5) is 0 Å². The Morgan fingerprint density at radius 3 is 2.25 bits per heavy atom. The van der Waals surface area contributed by atoms with Crippen LogP contribution in [0.5, 0.6) is 0 Å². The van der Waals surface area contributed by atoms with Crippen LogP contribution in [-0.2, 0) is 15.0 Å². The van der Waals surface area contributed by atoms with E-state index < -0.39 is 22.1 Å². The van der Waals surface area contributed by atoms with Crippen molar-refractivity contribution in [3.8, 4) is 0 Å². The van der Waals surface area contributed by atoms with Gasteiger partial charge in [-0.15, -0.1) is 0 Å². The first kappa shape index (κ1) is 14.3. The Morgan fingerprint density at radius 1 is 1.15 bits per heavy atom. The summed E-state index contributed by atoms with van der Waals surface area (Å²) < 4.78 is 29.1. The summed E-state index contributed by atoms with van der Waals surface area (Å²) in [7, 11) is -3.54. The Balaban J connectivity index is 1.65. The van der Waals surface area contributed by atoms with Gasteiger partial charge in [0.1, 0.15) is 0 Å². The van der Waals surface area contributed by atoms with Crippen molar-refractivity contribution in [1.82, 2.24) is 9.03 Å². The summed E-state index contributed by atoms with van der Waals surface area (Å²) in [5, 5.41) is 9.06. The lowest BCUT2D eigenvalue weighted by atomic mass is 10.0. The number of piperidine rings is 1. The summed E-state index contributed by atoms with van der Waals surface area (Å²) in [6.07, 6.45) is 5.64. The van der Waals surface area contributed by atoms with Crippen LogP contribution in [0.3, 0.4) is 0 Å². The summed E-state index contributed by atoms with van der Waals surface area (Å²) in [5.74, 6) is -0.471. The zero-order chi connectivity index (χ0) is 14.3. The normalized spacial score (nSPS) is 28.8. The maximum absolute atomic E-state index is 12.5. The fourth-order valence-electron chi connectivity index (χ4n) is 3.10. The summed E-state index contributed by atoms with van der Waals surface area (Å²) in [6.45, 7) is 0.536. The Hall–Kier alpha value is -0.660. The quantitative estimate of drug-likeness (QED) is 0.760. The van der Waals surface area contributed by atoms with Crippen molar-refractivity contribution < 1.29 is 18.3 Å². The third-order valence-electron chi connectivity index (χ3n) is 4.62. The minimum Gasteiger partial charge on any atom is -0.481 e. The van der Waals surface area contributed by atoms with E-state index >= 15 is 0 Å². The molecule has 1 unspecified atom stereocenters. The average molecular weight is 302 g/mol. The lowest BCUT2D eigenvalue weighted by molar-refractivity contribution is -0.142. The highest BCUT2D eigenvalue weighted by Crippen LogP contribution is 2.44. The molecule has 0 amide bonds. The molecular weight excluding hydrogens is 280 g/mol. The van der Waals surface area contributed by atoms with Crippen LogP contribution in [0.15, 0.2) is 0 Å². The molecule has 0 bridgehead atoms. The number of aliphatic carboxylic acids is 1. The SMILES string of the molecule is O=C(O)C1CCCN(S(=O)(=O)NC(C2CC2)C2CC2)C1. The fraction of sp³-hybridized carbons (Fsp3) is 0.923. The van der Waals surface area contributed by atoms with Crippen molar-refractivity contribution in [2.45, 2.75) is 44.6 Å². The van der Waals surface area contributed by atoms with Gasteiger partial charge in [-0.25, -0.2) is 0 Å². The van der Waals surface area contributed by atoms with E-state index in [1.54, 1.807) is 0 Å². The molecule has 2 aliphatic carbocycles. The van der Waals surface area contributed by atoms with Crippen molar-refractivity contribution in [3.05, 3.63) is 0 Å². The Morgan fingerprint density at radius 2 is 1.75 bits per heavy atom. The van der Waals surface area contributed by atoms with Gasteiger partial charge >= 0.3 is 5.97 Å². The maximum Gasteiger partial charge on any atom is 0.307 e. The number of nitrogens with zero attached hydrogens (tertiary/aromatic N) is 1. The number of carboxylic acids is 1. The third-order valence-corrected chi connectivity index (χ3v) is 6.20. The molecule has 1 atom stereocenters. The van der Waals surface area contributed by atoms with E-state index in [1.807, 2.05) is 0 Å². The van der Waals surface area contributed by atoms with Gasteiger partial charge in [0.25, 0.3) is 10.2 Å². The van der Waals surface area contributed by atoms with Gasteiger partial charge in [0.05, 0.1) is 5.92 Å². The summed E-state index contributed by atoms with van der Waals surface area (Å²) in [5.41, 5.74) is 0. The van der Waals surface area contributed by atoms with Gasteiger partial charge in [-0.2, -0.15) is 17.4 Å². The maximum atomic E-state index is 12.5. The first-order valence-corrected chi connectivity index (χ1v) is 8.91. The second kappa shape index (κ2) is 5.27. The Labute approximate surface area is 119 Å². The van der Waals surface area contributed by atoms with E-state index in [4.69, 9.17) is 5.11 Å². The highest BCUT2D eigenvalue weighted by Gasteiger charge is 2.44. The van der Waals surface area contributed by atoms with Crippen LogP contribution in [0.25, 0.3) is 0 Å². The molecule has 20 heavy (non-hydrogen) atoms. The highest BCUT2D eigenvalue weighted by molar-refractivity contribution is 7.87. The van der Waals surface area contributed by atoms with E-state index in [0.717, 1.165) is 25.7 Å². The second-order valence-electron chi connectivity index (χ2n) is 6.36. The monoisotopic (exact) mass is 302 g/mol. The van der Waals surface area contributed by atoms with Gasteiger partial charge in [0.15, 0.2) is 0 Å². The molecule has 1 saturated heterocycles. The lowest BCUT2D eigenvalue weighted by Crippen LogP contribution is -2.51. The second-order valence-corrected chi connectivity index (χ2v) is 8.06. The summed E-state index contributed by atoms with van der Waals surface area (Å²) in [6, 6.07) is 0.0743. The Bertz CT molecular complexity index is 473. The number of rotatable bonds is 6. The molecule has 114 valence electrons. The van der Waals surface area contributed by atoms with Gasteiger partial charge in [-0.05, 0) is 50.4 Å². The molecule has 3 rings (SSSR count). The molecule has 0 aromatic carbocycles. The number of nitrogens with one attached hydrogen (secondary N) is 1. The minimum atomic E-state index is -3.54. The summed E-state index contributed by atoms with van der Waals surface area (Å²) in [4.78, 5) is 11.0. The minimum absolute atomic E-state index is 0.0743. The molecule has 0 aromatic heterocycles. The molecule has 2 saturated carbocycles. The third kappa shape index (κ3) is 3.15. The predicted octanol–water partition coefficient (Wildman–Crippen LogP) is 0.806. The van der Waals surface area contributed by atoms with Crippen LogP contribution in [0.1, 0.15) is 38.5 Å². The Kier molecular flexibility index (Phi) is 3.77. The van der Waals surface area contributed by atoms with E-state index in [9.17, 15) is 13.2 Å². The van der Waals surface area contributed by atoms with Gasteiger partial charge in [-0.1, -0.05) is 0 Å². The predicted molar refractivity (Wildman–Crippen MR) is 73.2 cm³/mol. The molecular formula is C13H22N2O4S. The standard InChI is InChI=1S/C13H22N2O4S/c16-13(17)11-2-1-7-15(8-11)20(18,19)14-12(9-3-4-9)10-5-6-10/h9-12,14H,1-8H2,(H,16,17). The van der Waals surface area contributed by atoms with Crippen LogP contribution in [0.2, 0.25) is 0 Å². The zero-order valence-electron chi connectivity index (χ0n) is 11.5. The zero-order valence-corrected chi connectivity index (χ0v) is 12.3. The largest absolute Gasteiger partial charge is 0.481 e. The average Bonchev–Trinajstić information content (AvgIpc) is 3.29. The van der Waals surface area contributed by atoms with Crippen molar-refractivity contribution in [2.75, 3.05) is 13.1 Å². The van der Waals surface area contributed by atoms with Gasteiger partial charge in [0.2, 0.25) is 0 Å². The molecule has 6 nitrogen and oxygen atoms in total. The van der Waals surface area contributed by atoms with Crippen molar-refractivity contribution in [3.63, 3.8) is 0 Å². The van der Waals surface area contributed by atoms with Crippen LogP contribution in [-0.4, -0.2) is 42.9 Å². The first-order valence-electron chi connectivity index (χ1n) is 7.47. The fourth-order valence-corrected chi connectivity index (χ4v) is 4.72. The molecule has 0 spiro atoms. The van der Waals surface area contributed by atoms with Crippen LogP contribution >= 0.6 is 0 Å². The molecule has 2 N–H and O–H groups in total. The smallest absolute Gasteiger partial charge is 0.307 e. The molecule has 7 heteroatoms. The van der Waals surface area contributed by atoms with Crippen molar-refractivity contribution in [1.29, 1.82) is 0 Å². The molecule has 1 heterocycles. The number of carbonyl (C=O) groups is 1.